The molecule has 0 saturated carbocycles. The van der Waals surface area contributed by atoms with Crippen molar-refractivity contribution < 1.29 is 31.7 Å². The van der Waals surface area contributed by atoms with Gasteiger partial charge >= 0.3 is 5.97 Å². The van der Waals surface area contributed by atoms with Crippen LogP contribution >= 0.6 is 0 Å². The Morgan fingerprint density at radius 3 is 2.60 bits per heavy atom. The number of carbonyl (C=O) groups is 2. The van der Waals surface area contributed by atoms with E-state index in [1.807, 2.05) is 30.3 Å². The lowest BCUT2D eigenvalue weighted by Gasteiger charge is -2.30. The van der Waals surface area contributed by atoms with Gasteiger partial charge < -0.3 is 14.4 Å². The second-order valence-electron chi connectivity index (χ2n) is 9.59. The minimum absolute atomic E-state index is 0.0133. The maximum atomic E-state index is 14.0. The lowest BCUT2D eigenvalue weighted by Crippen LogP contribution is -2.35. The maximum absolute atomic E-state index is 14.0. The van der Waals surface area contributed by atoms with Crippen molar-refractivity contribution in [3.05, 3.63) is 66.0 Å². The summed E-state index contributed by atoms with van der Waals surface area (Å²) < 4.78 is 40.7. The van der Waals surface area contributed by atoms with Gasteiger partial charge in [-0.15, -0.1) is 5.10 Å². The molecule has 1 amide bonds. The summed E-state index contributed by atoms with van der Waals surface area (Å²) in [5.74, 6) is -0.161. The first-order valence-corrected chi connectivity index (χ1v) is 14.9. The summed E-state index contributed by atoms with van der Waals surface area (Å²) in [6.45, 7) is 3.14. The zero-order valence-corrected chi connectivity index (χ0v) is 23.4. The molecule has 1 saturated heterocycles. The first-order valence-electron chi connectivity index (χ1n) is 13.1. The number of rotatable bonds is 13. The van der Waals surface area contributed by atoms with Crippen LogP contribution in [0.1, 0.15) is 48.5 Å². The van der Waals surface area contributed by atoms with Crippen LogP contribution in [0.15, 0.2) is 54.9 Å². The minimum Gasteiger partial charge on any atom is -0.493 e. The summed E-state index contributed by atoms with van der Waals surface area (Å²) in [5, 5.41) is 11.3. The molecule has 4 rings (SSSR count). The molecule has 1 aliphatic rings. The van der Waals surface area contributed by atoms with Gasteiger partial charge in [0.2, 0.25) is 0 Å². The molecule has 0 spiro atoms. The lowest BCUT2D eigenvalue weighted by atomic mass is 9.77. The van der Waals surface area contributed by atoms with Gasteiger partial charge in [-0.1, -0.05) is 30.3 Å². The number of hydrogen-bond acceptors (Lipinski definition) is 10. The number of hydrogen-bond donors (Lipinski definition) is 0. The number of carbonyl (C=O) groups excluding carboxylic acids is 2. The van der Waals surface area contributed by atoms with Crippen molar-refractivity contribution in [2.75, 3.05) is 39.2 Å². The first kappa shape index (κ1) is 29.2. The lowest BCUT2D eigenvalue weighted by molar-refractivity contribution is -0.143. The van der Waals surface area contributed by atoms with E-state index in [0.717, 1.165) is 11.8 Å². The Balaban J connectivity index is 1.56. The monoisotopic (exact) mass is 571 g/mol. The van der Waals surface area contributed by atoms with Gasteiger partial charge in [0.25, 0.3) is 16.0 Å². The van der Waals surface area contributed by atoms with Crippen LogP contribution in [0.4, 0.5) is 0 Å². The minimum atomic E-state index is -3.59. The molecular weight excluding hydrogens is 538 g/mol. The van der Waals surface area contributed by atoms with Gasteiger partial charge in [0.05, 0.1) is 37.3 Å². The standard InChI is InChI=1S/C27H33N5O7S/c1-3-37-25(33)10-7-16-38-24-12-11-22(32-20-28-29-30-32)18-23(24)26(34)31-15-13-27(19-31,14-17-39-40(2,35)36)21-8-5-4-6-9-21/h4-6,8-9,11-12,18,20H,3,7,10,13-17,19H2,1-2H3. The average molecular weight is 572 g/mol. The molecule has 13 heteroatoms. The van der Waals surface area contributed by atoms with Crippen molar-refractivity contribution in [3.8, 4) is 11.4 Å². The smallest absolute Gasteiger partial charge is 0.305 e. The van der Waals surface area contributed by atoms with E-state index in [1.54, 1.807) is 30.0 Å². The van der Waals surface area contributed by atoms with Gasteiger partial charge in [-0.25, -0.2) is 4.68 Å². The number of benzene rings is 2. The highest BCUT2D eigenvalue weighted by molar-refractivity contribution is 7.85. The number of esters is 1. The highest BCUT2D eigenvalue weighted by atomic mass is 32.2. The molecule has 2 heterocycles. The van der Waals surface area contributed by atoms with Crippen LogP contribution in [0, 0.1) is 0 Å². The number of tetrazole rings is 1. The highest BCUT2D eigenvalue weighted by Crippen LogP contribution is 2.39. The molecule has 1 aromatic heterocycles. The summed E-state index contributed by atoms with van der Waals surface area (Å²) in [4.78, 5) is 27.4. The predicted octanol–water partition coefficient (Wildman–Crippen LogP) is 2.53. The van der Waals surface area contributed by atoms with Crippen LogP contribution in [0.25, 0.3) is 5.69 Å². The number of amides is 1. The highest BCUT2D eigenvalue weighted by Gasteiger charge is 2.42. The molecule has 3 aromatic rings. The van der Waals surface area contributed by atoms with Crippen LogP contribution in [0.2, 0.25) is 0 Å². The molecule has 12 nitrogen and oxygen atoms in total. The van der Waals surface area contributed by atoms with Crippen LogP contribution in [-0.4, -0.2) is 84.6 Å². The third-order valence-corrected chi connectivity index (χ3v) is 7.40. The maximum Gasteiger partial charge on any atom is 0.305 e. The normalized spacial score (nSPS) is 17.1. The first-order chi connectivity index (χ1) is 19.2. The Hall–Kier alpha value is -3.84. The third kappa shape index (κ3) is 7.42. The molecular formula is C27H33N5O7S. The third-order valence-electron chi connectivity index (χ3n) is 6.80. The van der Waals surface area contributed by atoms with E-state index in [0.29, 0.717) is 56.0 Å². The number of nitrogens with zero attached hydrogens (tertiary/aromatic N) is 5. The van der Waals surface area contributed by atoms with Crippen molar-refractivity contribution in [2.45, 2.75) is 38.0 Å². The Kier molecular flexibility index (Phi) is 9.48. The fraction of sp³-hybridized carbons (Fsp3) is 0.444. The van der Waals surface area contributed by atoms with E-state index in [2.05, 4.69) is 15.5 Å². The fourth-order valence-electron chi connectivity index (χ4n) is 4.85. The van der Waals surface area contributed by atoms with Crippen molar-refractivity contribution in [1.29, 1.82) is 0 Å². The second-order valence-corrected chi connectivity index (χ2v) is 11.2. The quantitative estimate of drug-likeness (QED) is 0.171. The Bertz CT molecular complexity index is 1400. The summed E-state index contributed by atoms with van der Waals surface area (Å²) in [7, 11) is -3.59. The summed E-state index contributed by atoms with van der Waals surface area (Å²) >= 11 is 0. The van der Waals surface area contributed by atoms with Gasteiger partial charge in [0, 0.05) is 24.9 Å². The van der Waals surface area contributed by atoms with E-state index in [-0.39, 0.29) is 31.5 Å². The fourth-order valence-corrected chi connectivity index (χ4v) is 5.23. The van der Waals surface area contributed by atoms with E-state index >= 15 is 0 Å². The summed E-state index contributed by atoms with van der Waals surface area (Å²) in [6, 6.07) is 14.9. The van der Waals surface area contributed by atoms with Gasteiger partial charge in [-0.3, -0.25) is 13.8 Å². The molecule has 1 fully saturated rings. The molecule has 40 heavy (non-hydrogen) atoms. The molecule has 0 bridgehead atoms. The molecule has 1 unspecified atom stereocenters. The topological polar surface area (TPSA) is 143 Å². The zero-order chi connectivity index (χ0) is 28.6. The van der Waals surface area contributed by atoms with Crippen LogP contribution in [-0.2, 0) is 29.2 Å². The van der Waals surface area contributed by atoms with E-state index in [9.17, 15) is 18.0 Å². The Morgan fingerprint density at radius 2 is 1.90 bits per heavy atom. The molecule has 1 atom stereocenters. The molecule has 0 N–H and O–H groups in total. The van der Waals surface area contributed by atoms with Crippen LogP contribution in [0.3, 0.4) is 0 Å². The molecule has 0 radical (unpaired) electrons. The van der Waals surface area contributed by atoms with E-state index < -0.39 is 15.5 Å². The van der Waals surface area contributed by atoms with Gasteiger partial charge in [0.1, 0.15) is 12.1 Å². The van der Waals surface area contributed by atoms with Gasteiger partial charge in [0.15, 0.2) is 0 Å². The second kappa shape index (κ2) is 13.0. The SMILES string of the molecule is CCOC(=O)CCCOc1ccc(-n2cnnn2)cc1C(=O)N1CCC(CCOS(C)(=O)=O)(c2ccccc2)C1. The molecule has 2 aromatic carbocycles. The number of likely N-dealkylation sites (tertiary alicyclic amines) is 1. The Labute approximate surface area is 233 Å². The number of ether oxygens (including phenoxy) is 2. The molecule has 214 valence electrons. The Morgan fingerprint density at radius 1 is 1.10 bits per heavy atom. The van der Waals surface area contributed by atoms with Crippen LogP contribution in [0.5, 0.6) is 5.75 Å². The average Bonchev–Trinajstić information content (AvgIpc) is 3.62. The van der Waals surface area contributed by atoms with Gasteiger partial charge in [-0.2, -0.15) is 8.42 Å². The van der Waals surface area contributed by atoms with Crippen molar-refractivity contribution in [3.63, 3.8) is 0 Å². The van der Waals surface area contributed by atoms with E-state index in [4.69, 9.17) is 13.7 Å². The van der Waals surface area contributed by atoms with E-state index in [1.165, 1.54) is 11.0 Å². The summed E-state index contributed by atoms with van der Waals surface area (Å²) in [5.41, 5.74) is 1.46. The molecule has 0 aliphatic carbocycles. The largest absolute Gasteiger partial charge is 0.493 e. The van der Waals surface area contributed by atoms with Crippen molar-refractivity contribution in [2.24, 2.45) is 0 Å². The van der Waals surface area contributed by atoms with Crippen molar-refractivity contribution in [1.82, 2.24) is 25.1 Å². The van der Waals surface area contributed by atoms with Crippen molar-refractivity contribution >= 4 is 22.0 Å². The predicted molar refractivity (Wildman–Crippen MR) is 145 cm³/mol. The van der Waals surface area contributed by atoms with Crippen LogP contribution < -0.4 is 4.74 Å². The van der Waals surface area contributed by atoms with Gasteiger partial charge in [-0.05, 0) is 60.4 Å². The molecule has 1 aliphatic heterocycles. The number of aromatic nitrogens is 4. The summed E-state index contributed by atoms with van der Waals surface area (Å²) in [6.07, 6.45) is 4.16. The zero-order valence-electron chi connectivity index (χ0n) is 22.6.